The van der Waals surface area contributed by atoms with Crippen molar-refractivity contribution in [2.75, 3.05) is 7.05 Å². The molecule has 0 saturated carbocycles. The van der Waals surface area contributed by atoms with Gasteiger partial charge >= 0.3 is 0 Å². The first kappa shape index (κ1) is 14.3. The van der Waals surface area contributed by atoms with Crippen LogP contribution in [0.1, 0.15) is 16.7 Å². The van der Waals surface area contributed by atoms with E-state index in [2.05, 4.69) is 70.3 Å². The molecule has 0 atom stereocenters. The normalized spacial score (nSPS) is 10.9. The third-order valence-electron chi connectivity index (χ3n) is 3.08. The fourth-order valence-corrected chi connectivity index (χ4v) is 2.55. The number of nitrogens with two attached hydrogens (primary N) is 1. The molecule has 2 aromatic rings. The van der Waals surface area contributed by atoms with E-state index < -0.39 is 0 Å². The van der Waals surface area contributed by atoms with Crippen LogP contribution in [0.2, 0.25) is 0 Å². The van der Waals surface area contributed by atoms with Crippen LogP contribution in [0.5, 0.6) is 0 Å². The summed E-state index contributed by atoms with van der Waals surface area (Å²) in [5.41, 5.74) is 9.47. The molecule has 2 N–H and O–H groups in total. The predicted molar refractivity (Wildman–Crippen MR) is 83.6 cm³/mol. The third kappa shape index (κ3) is 4.16. The minimum atomic E-state index is 0.599. The standard InChI is InChI=1S/C16H19BrN2/c1-19(12-15-7-2-3-8-16(15)17)11-14-6-4-5-13(9-14)10-18/h2-9H,10-12,18H2,1H3. The average Bonchev–Trinajstić information content (AvgIpc) is 2.41. The fourth-order valence-electron chi connectivity index (χ4n) is 2.14. The maximum atomic E-state index is 5.67. The number of rotatable bonds is 5. The van der Waals surface area contributed by atoms with E-state index in [0.717, 1.165) is 17.6 Å². The maximum absolute atomic E-state index is 5.67. The van der Waals surface area contributed by atoms with Gasteiger partial charge in [0, 0.05) is 24.1 Å². The quantitative estimate of drug-likeness (QED) is 0.913. The Morgan fingerprint density at radius 1 is 1.00 bits per heavy atom. The van der Waals surface area contributed by atoms with Crippen LogP contribution < -0.4 is 5.73 Å². The summed E-state index contributed by atoms with van der Waals surface area (Å²) < 4.78 is 1.16. The second-order valence-corrected chi connectivity index (χ2v) is 5.64. The molecular weight excluding hydrogens is 300 g/mol. The van der Waals surface area contributed by atoms with E-state index in [-0.39, 0.29) is 0 Å². The van der Waals surface area contributed by atoms with Crippen LogP contribution in [-0.2, 0) is 19.6 Å². The van der Waals surface area contributed by atoms with Gasteiger partial charge in [0.15, 0.2) is 0 Å². The van der Waals surface area contributed by atoms with E-state index in [1.54, 1.807) is 0 Å². The maximum Gasteiger partial charge on any atom is 0.0245 e. The molecule has 0 aliphatic heterocycles. The van der Waals surface area contributed by atoms with Crippen LogP contribution in [0.25, 0.3) is 0 Å². The van der Waals surface area contributed by atoms with Gasteiger partial charge in [-0.1, -0.05) is 58.4 Å². The van der Waals surface area contributed by atoms with Gasteiger partial charge in [0.05, 0.1) is 0 Å². The molecule has 0 heterocycles. The molecule has 0 radical (unpaired) electrons. The molecule has 19 heavy (non-hydrogen) atoms. The first-order valence-electron chi connectivity index (χ1n) is 6.39. The minimum Gasteiger partial charge on any atom is -0.326 e. The molecule has 0 amide bonds. The largest absolute Gasteiger partial charge is 0.326 e. The van der Waals surface area contributed by atoms with E-state index in [1.165, 1.54) is 16.7 Å². The lowest BCUT2D eigenvalue weighted by molar-refractivity contribution is 0.318. The van der Waals surface area contributed by atoms with Gasteiger partial charge in [-0.3, -0.25) is 4.90 Å². The lowest BCUT2D eigenvalue weighted by atomic mass is 10.1. The van der Waals surface area contributed by atoms with Crippen molar-refractivity contribution in [1.29, 1.82) is 0 Å². The van der Waals surface area contributed by atoms with Crippen LogP contribution in [0.3, 0.4) is 0 Å². The molecule has 0 saturated heterocycles. The summed E-state index contributed by atoms with van der Waals surface area (Å²) in [6, 6.07) is 16.8. The summed E-state index contributed by atoms with van der Waals surface area (Å²) in [4.78, 5) is 2.30. The summed E-state index contributed by atoms with van der Waals surface area (Å²) in [5, 5.41) is 0. The van der Waals surface area contributed by atoms with Gasteiger partial charge in [-0.2, -0.15) is 0 Å². The Bertz CT molecular complexity index is 540. The zero-order valence-electron chi connectivity index (χ0n) is 11.1. The Balaban J connectivity index is 2.01. The third-order valence-corrected chi connectivity index (χ3v) is 3.85. The van der Waals surface area contributed by atoms with E-state index >= 15 is 0 Å². The molecule has 0 bridgehead atoms. The predicted octanol–water partition coefficient (Wildman–Crippen LogP) is 3.54. The molecule has 2 nitrogen and oxygen atoms in total. The molecule has 0 aliphatic carbocycles. The van der Waals surface area contributed by atoms with Crippen LogP contribution in [-0.4, -0.2) is 11.9 Å². The number of nitrogens with zero attached hydrogens (tertiary/aromatic N) is 1. The van der Waals surface area contributed by atoms with Crippen molar-refractivity contribution in [2.24, 2.45) is 5.73 Å². The van der Waals surface area contributed by atoms with Gasteiger partial charge < -0.3 is 5.73 Å². The highest BCUT2D eigenvalue weighted by Gasteiger charge is 2.04. The van der Waals surface area contributed by atoms with Crippen molar-refractivity contribution in [1.82, 2.24) is 4.90 Å². The van der Waals surface area contributed by atoms with Crippen molar-refractivity contribution >= 4 is 15.9 Å². The Morgan fingerprint density at radius 2 is 1.74 bits per heavy atom. The van der Waals surface area contributed by atoms with Gasteiger partial charge in [-0.15, -0.1) is 0 Å². The van der Waals surface area contributed by atoms with Crippen LogP contribution in [0.4, 0.5) is 0 Å². The Labute approximate surface area is 123 Å². The number of hydrogen-bond donors (Lipinski definition) is 1. The molecular formula is C16H19BrN2. The summed E-state index contributed by atoms with van der Waals surface area (Å²) in [5.74, 6) is 0. The van der Waals surface area contributed by atoms with Gasteiger partial charge in [0.1, 0.15) is 0 Å². The lowest BCUT2D eigenvalue weighted by Crippen LogP contribution is -2.17. The van der Waals surface area contributed by atoms with Crippen LogP contribution in [0, 0.1) is 0 Å². The molecule has 100 valence electrons. The molecule has 2 rings (SSSR count). The van der Waals surface area contributed by atoms with Crippen LogP contribution >= 0.6 is 15.9 Å². The Hall–Kier alpha value is -1.16. The van der Waals surface area contributed by atoms with Crippen LogP contribution in [0.15, 0.2) is 53.0 Å². The zero-order valence-corrected chi connectivity index (χ0v) is 12.7. The van der Waals surface area contributed by atoms with E-state index in [9.17, 15) is 0 Å². The molecule has 0 fully saturated rings. The minimum absolute atomic E-state index is 0.599. The van der Waals surface area contributed by atoms with E-state index in [1.807, 2.05) is 6.07 Å². The topological polar surface area (TPSA) is 29.3 Å². The molecule has 0 aliphatic rings. The average molecular weight is 319 g/mol. The molecule has 0 spiro atoms. The number of halogens is 1. The lowest BCUT2D eigenvalue weighted by Gasteiger charge is -2.18. The smallest absolute Gasteiger partial charge is 0.0245 e. The van der Waals surface area contributed by atoms with Crippen molar-refractivity contribution in [3.63, 3.8) is 0 Å². The van der Waals surface area contributed by atoms with Crippen molar-refractivity contribution in [2.45, 2.75) is 19.6 Å². The Kier molecular flexibility index (Phi) is 5.14. The molecule has 0 aromatic heterocycles. The summed E-state index contributed by atoms with van der Waals surface area (Å²) >= 11 is 3.59. The van der Waals surface area contributed by atoms with Gasteiger partial charge in [-0.25, -0.2) is 0 Å². The SMILES string of the molecule is CN(Cc1cccc(CN)c1)Cc1ccccc1Br. The molecule has 2 aromatic carbocycles. The molecule has 3 heteroatoms. The van der Waals surface area contributed by atoms with Crippen molar-refractivity contribution in [3.8, 4) is 0 Å². The highest BCUT2D eigenvalue weighted by Crippen LogP contribution is 2.18. The van der Waals surface area contributed by atoms with Crippen molar-refractivity contribution in [3.05, 3.63) is 69.7 Å². The second kappa shape index (κ2) is 6.85. The van der Waals surface area contributed by atoms with Gasteiger partial charge in [0.25, 0.3) is 0 Å². The highest BCUT2D eigenvalue weighted by atomic mass is 79.9. The zero-order chi connectivity index (χ0) is 13.7. The first-order chi connectivity index (χ1) is 9.19. The van der Waals surface area contributed by atoms with Gasteiger partial charge in [0.2, 0.25) is 0 Å². The summed E-state index contributed by atoms with van der Waals surface area (Å²) in [6.07, 6.45) is 0. The van der Waals surface area contributed by atoms with E-state index in [0.29, 0.717) is 6.54 Å². The molecule has 0 unspecified atom stereocenters. The van der Waals surface area contributed by atoms with E-state index in [4.69, 9.17) is 5.73 Å². The Morgan fingerprint density at radius 3 is 2.47 bits per heavy atom. The monoisotopic (exact) mass is 318 g/mol. The fraction of sp³-hybridized carbons (Fsp3) is 0.250. The highest BCUT2D eigenvalue weighted by molar-refractivity contribution is 9.10. The second-order valence-electron chi connectivity index (χ2n) is 4.79. The number of hydrogen-bond acceptors (Lipinski definition) is 2. The van der Waals surface area contributed by atoms with Crippen molar-refractivity contribution < 1.29 is 0 Å². The number of benzene rings is 2. The summed E-state index contributed by atoms with van der Waals surface area (Å²) in [6.45, 7) is 2.45. The summed E-state index contributed by atoms with van der Waals surface area (Å²) in [7, 11) is 2.13. The van der Waals surface area contributed by atoms with Gasteiger partial charge in [-0.05, 0) is 29.8 Å². The first-order valence-corrected chi connectivity index (χ1v) is 7.18.